The van der Waals surface area contributed by atoms with E-state index < -0.39 is 0 Å². The molecular weight excluding hydrogens is 418 g/mol. The number of rotatable bonds is 7. The van der Waals surface area contributed by atoms with Crippen molar-refractivity contribution in [2.75, 3.05) is 44.3 Å². The number of hydrogen-bond donors (Lipinski definition) is 1. The Balaban J connectivity index is 1.23. The van der Waals surface area contributed by atoms with Crippen LogP contribution in [0.15, 0.2) is 51.6 Å². The maximum absolute atomic E-state index is 12.3. The van der Waals surface area contributed by atoms with E-state index in [0.717, 1.165) is 54.0 Å². The van der Waals surface area contributed by atoms with Crippen LogP contribution in [0.1, 0.15) is 12.1 Å². The first-order valence-corrected chi connectivity index (χ1v) is 12.1. The van der Waals surface area contributed by atoms with E-state index in [1.807, 2.05) is 35.9 Å². The molecule has 158 valence electrons. The topological polar surface area (TPSA) is 70.0 Å². The normalized spacial score (nSPS) is 15.5. The molecule has 3 heterocycles. The summed E-state index contributed by atoms with van der Waals surface area (Å²) in [6.07, 6.45) is 4.25. The summed E-state index contributed by atoms with van der Waals surface area (Å²) in [5.41, 5.74) is 1.68. The Labute approximate surface area is 183 Å². The molecule has 0 unspecified atom stereocenters. The largest absolute Gasteiger partial charge is 0.325 e. The van der Waals surface area contributed by atoms with Gasteiger partial charge in [0.1, 0.15) is 0 Å². The Morgan fingerprint density at radius 2 is 1.97 bits per heavy atom. The van der Waals surface area contributed by atoms with Crippen LogP contribution in [0.3, 0.4) is 0 Å². The fraction of sp³-hybridized carbons (Fsp3) is 0.381. The summed E-state index contributed by atoms with van der Waals surface area (Å²) in [7, 11) is 0. The number of piperazine rings is 1. The van der Waals surface area contributed by atoms with E-state index in [1.54, 1.807) is 28.4 Å². The Morgan fingerprint density at radius 3 is 2.77 bits per heavy atom. The molecular formula is C21H25N5O2S2. The second-order valence-electron chi connectivity index (χ2n) is 7.26. The number of fused-ring (bicyclic) bond motifs is 1. The highest BCUT2D eigenvalue weighted by atomic mass is 32.2. The first kappa shape index (κ1) is 21.0. The zero-order chi connectivity index (χ0) is 20.9. The number of thioether (sulfide) groups is 1. The molecule has 4 rings (SSSR count). The molecule has 30 heavy (non-hydrogen) atoms. The van der Waals surface area contributed by atoms with Gasteiger partial charge in [0.25, 0.3) is 5.56 Å². The van der Waals surface area contributed by atoms with Crippen molar-refractivity contribution in [1.29, 1.82) is 0 Å². The van der Waals surface area contributed by atoms with Gasteiger partial charge in [0.2, 0.25) is 5.91 Å². The number of amides is 1. The molecule has 1 aliphatic heterocycles. The number of nitrogens with zero attached hydrogens (tertiary/aromatic N) is 4. The summed E-state index contributed by atoms with van der Waals surface area (Å²) in [4.78, 5) is 35.5. The zero-order valence-electron chi connectivity index (χ0n) is 16.9. The Morgan fingerprint density at radius 1 is 1.20 bits per heavy atom. The van der Waals surface area contributed by atoms with E-state index in [-0.39, 0.29) is 11.5 Å². The molecule has 2 aromatic heterocycles. The van der Waals surface area contributed by atoms with Crippen molar-refractivity contribution in [2.24, 2.45) is 0 Å². The van der Waals surface area contributed by atoms with Crippen molar-refractivity contribution in [2.45, 2.75) is 17.9 Å². The van der Waals surface area contributed by atoms with Gasteiger partial charge in [-0.3, -0.25) is 18.9 Å². The molecule has 1 aromatic carbocycles. The third-order valence-corrected chi connectivity index (χ3v) is 6.80. The maximum Gasteiger partial charge on any atom is 0.258 e. The van der Waals surface area contributed by atoms with Gasteiger partial charge in [0, 0.05) is 68.2 Å². The zero-order valence-corrected chi connectivity index (χ0v) is 18.5. The molecule has 1 N–H and O–H groups in total. The monoisotopic (exact) mass is 443 g/mol. The molecule has 9 heteroatoms. The molecule has 3 aromatic rings. The van der Waals surface area contributed by atoms with Crippen LogP contribution in [0.5, 0.6) is 0 Å². The summed E-state index contributed by atoms with van der Waals surface area (Å²) in [5, 5.41) is 4.90. The molecule has 0 bridgehead atoms. The van der Waals surface area contributed by atoms with Gasteiger partial charge in [0.15, 0.2) is 4.96 Å². The Bertz CT molecular complexity index is 1070. The molecule has 0 spiro atoms. The standard InChI is InChI=1S/C21H25N5O2S2/c1-29-18-5-3-2-4-17(18)23-19(27)6-7-24-8-10-25(11-9-24)15-16-14-20(28)26-12-13-30-21(26)22-16/h2-5,12-14H,6-11,15H2,1H3,(H,23,27). The number of para-hydroxylation sites is 1. The summed E-state index contributed by atoms with van der Waals surface area (Å²) < 4.78 is 1.58. The average molecular weight is 444 g/mol. The van der Waals surface area contributed by atoms with Crippen LogP contribution in [-0.2, 0) is 11.3 Å². The second kappa shape index (κ2) is 9.74. The van der Waals surface area contributed by atoms with E-state index in [1.165, 1.54) is 11.3 Å². The number of anilines is 1. The van der Waals surface area contributed by atoms with Gasteiger partial charge in [-0.05, 0) is 18.4 Å². The number of carbonyl (C=O) groups is 1. The summed E-state index contributed by atoms with van der Waals surface area (Å²) in [5.74, 6) is 0.0489. The van der Waals surface area contributed by atoms with Crippen LogP contribution in [-0.4, -0.2) is 64.1 Å². The van der Waals surface area contributed by atoms with Crippen LogP contribution in [0.4, 0.5) is 5.69 Å². The second-order valence-corrected chi connectivity index (χ2v) is 8.98. The number of benzene rings is 1. The highest BCUT2D eigenvalue weighted by Crippen LogP contribution is 2.24. The van der Waals surface area contributed by atoms with Gasteiger partial charge in [-0.2, -0.15) is 0 Å². The Hall–Kier alpha value is -2.20. The lowest BCUT2D eigenvalue weighted by molar-refractivity contribution is -0.116. The van der Waals surface area contributed by atoms with Gasteiger partial charge in [-0.1, -0.05) is 12.1 Å². The lowest BCUT2D eigenvalue weighted by Gasteiger charge is -2.34. The first-order chi connectivity index (χ1) is 14.6. The lowest BCUT2D eigenvalue weighted by Crippen LogP contribution is -2.46. The van der Waals surface area contributed by atoms with Crippen molar-refractivity contribution in [3.05, 3.63) is 58.0 Å². The summed E-state index contributed by atoms with van der Waals surface area (Å²) >= 11 is 3.11. The van der Waals surface area contributed by atoms with Crippen molar-refractivity contribution >= 4 is 39.7 Å². The van der Waals surface area contributed by atoms with Crippen LogP contribution in [0, 0.1) is 0 Å². The quantitative estimate of drug-likeness (QED) is 0.566. The van der Waals surface area contributed by atoms with E-state index in [2.05, 4.69) is 20.1 Å². The van der Waals surface area contributed by atoms with E-state index in [0.29, 0.717) is 13.0 Å². The van der Waals surface area contributed by atoms with Crippen molar-refractivity contribution in [3.8, 4) is 0 Å². The van der Waals surface area contributed by atoms with Crippen molar-refractivity contribution in [3.63, 3.8) is 0 Å². The molecule has 1 fully saturated rings. The Kier molecular flexibility index (Phi) is 6.83. The van der Waals surface area contributed by atoms with Crippen LogP contribution in [0.25, 0.3) is 4.96 Å². The lowest BCUT2D eigenvalue weighted by atomic mass is 10.2. The number of aromatic nitrogens is 2. The third kappa shape index (κ3) is 5.10. The number of thiazole rings is 1. The summed E-state index contributed by atoms with van der Waals surface area (Å²) in [6.45, 7) is 5.07. The molecule has 0 radical (unpaired) electrons. The molecule has 0 saturated carbocycles. The smallest absolute Gasteiger partial charge is 0.258 e. The van der Waals surface area contributed by atoms with Gasteiger partial charge in [-0.25, -0.2) is 4.98 Å². The molecule has 7 nitrogen and oxygen atoms in total. The summed E-state index contributed by atoms with van der Waals surface area (Å²) in [6, 6.07) is 9.50. The van der Waals surface area contributed by atoms with Crippen molar-refractivity contribution in [1.82, 2.24) is 19.2 Å². The first-order valence-electron chi connectivity index (χ1n) is 9.96. The molecule has 1 aliphatic rings. The maximum atomic E-state index is 12.3. The number of carbonyl (C=O) groups excluding carboxylic acids is 1. The van der Waals surface area contributed by atoms with Gasteiger partial charge in [0.05, 0.1) is 11.4 Å². The highest BCUT2D eigenvalue weighted by molar-refractivity contribution is 7.98. The fourth-order valence-corrected chi connectivity index (χ4v) is 4.88. The van der Waals surface area contributed by atoms with Crippen molar-refractivity contribution < 1.29 is 4.79 Å². The minimum absolute atomic E-state index is 0.0241. The molecule has 0 atom stereocenters. The third-order valence-electron chi connectivity index (χ3n) is 5.24. The van der Waals surface area contributed by atoms with E-state index >= 15 is 0 Å². The number of hydrogen-bond acceptors (Lipinski definition) is 7. The van der Waals surface area contributed by atoms with Crippen LogP contribution >= 0.6 is 23.1 Å². The van der Waals surface area contributed by atoms with Gasteiger partial charge < -0.3 is 10.2 Å². The predicted molar refractivity (Wildman–Crippen MR) is 123 cm³/mol. The van der Waals surface area contributed by atoms with E-state index in [9.17, 15) is 9.59 Å². The van der Waals surface area contributed by atoms with Gasteiger partial charge >= 0.3 is 0 Å². The van der Waals surface area contributed by atoms with Crippen LogP contribution in [0.2, 0.25) is 0 Å². The SMILES string of the molecule is CSc1ccccc1NC(=O)CCN1CCN(Cc2cc(=O)n3ccsc3n2)CC1. The van der Waals surface area contributed by atoms with E-state index in [4.69, 9.17) is 0 Å². The highest BCUT2D eigenvalue weighted by Gasteiger charge is 2.19. The molecule has 1 saturated heterocycles. The average Bonchev–Trinajstić information content (AvgIpc) is 3.23. The molecule has 1 amide bonds. The van der Waals surface area contributed by atoms with Gasteiger partial charge in [-0.15, -0.1) is 23.1 Å². The fourth-order valence-electron chi connectivity index (χ4n) is 3.59. The number of nitrogens with one attached hydrogen (secondary N) is 1. The van der Waals surface area contributed by atoms with Crippen LogP contribution < -0.4 is 10.9 Å². The molecule has 0 aliphatic carbocycles. The minimum Gasteiger partial charge on any atom is -0.325 e. The minimum atomic E-state index is -0.0241. The predicted octanol–water partition coefficient (Wildman–Crippen LogP) is 2.62.